The number of thioether (sulfide) groups is 1. The molecule has 3 rings (SSSR count). The van der Waals surface area contributed by atoms with Gasteiger partial charge in [-0.1, -0.05) is 12.1 Å². The molecule has 4 nitrogen and oxygen atoms in total. The highest BCUT2D eigenvalue weighted by molar-refractivity contribution is 8.00. The molecule has 0 radical (unpaired) electrons. The monoisotopic (exact) mass is 360 g/mol. The highest BCUT2D eigenvalue weighted by Crippen LogP contribution is 2.28. The number of benzene rings is 2. The van der Waals surface area contributed by atoms with Crippen molar-refractivity contribution in [3.8, 4) is 17.0 Å². The topological polar surface area (TPSA) is 62.2 Å². The Bertz CT molecular complexity index is 850. The van der Waals surface area contributed by atoms with E-state index in [1.807, 2.05) is 0 Å². The average molecular weight is 360 g/mol. The van der Waals surface area contributed by atoms with Gasteiger partial charge in [0.15, 0.2) is 5.13 Å². The molecule has 24 heavy (non-hydrogen) atoms. The van der Waals surface area contributed by atoms with Crippen molar-refractivity contribution < 1.29 is 14.3 Å². The Balaban J connectivity index is 1.59. The van der Waals surface area contributed by atoms with Crippen LogP contribution in [0.5, 0.6) is 5.75 Å². The molecule has 3 aromatic rings. The highest BCUT2D eigenvalue weighted by Gasteiger charge is 2.10. The van der Waals surface area contributed by atoms with Crippen LogP contribution in [0.25, 0.3) is 11.3 Å². The van der Waals surface area contributed by atoms with E-state index in [0.29, 0.717) is 15.7 Å². The summed E-state index contributed by atoms with van der Waals surface area (Å²) in [6.45, 7) is 0. The third kappa shape index (κ3) is 4.12. The van der Waals surface area contributed by atoms with Crippen molar-refractivity contribution in [2.45, 2.75) is 4.90 Å². The number of rotatable bonds is 5. The lowest BCUT2D eigenvalue weighted by atomic mass is 10.2. The fraction of sp³-hybridized carbons (Fsp3) is 0.0588. The second kappa shape index (κ2) is 7.46. The molecule has 0 saturated heterocycles. The Hall–Kier alpha value is -2.38. The number of anilines is 1. The number of halogens is 1. The minimum absolute atomic E-state index is 0.156. The number of phenols is 1. The van der Waals surface area contributed by atoms with Crippen molar-refractivity contribution in [2.24, 2.45) is 0 Å². The zero-order valence-electron chi connectivity index (χ0n) is 12.4. The number of carbonyl (C=O) groups excluding carboxylic acids is 1. The molecule has 1 aromatic heterocycles. The summed E-state index contributed by atoms with van der Waals surface area (Å²) in [6, 6.07) is 12.9. The third-order valence-corrected chi connectivity index (χ3v) is 4.94. The van der Waals surface area contributed by atoms with E-state index in [-0.39, 0.29) is 23.2 Å². The molecular weight excluding hydrogens is 347 g/mol. The van der Waals surface area contributed by atoms with Gasteiger partial charge in [0, 0.05) is 15.8 Å². The maximum atomic E-state index is 12.9. The number of nitrogens with zero attached hydrogens (tertiary/aromatic N) is 1. The quantitative estimate of drug-likeness (QED) is 0.663. The number of amides is 1. The minimum atomic E-state index is -0.302. The van der Waals surface area contributed by atoms with Crippen molar-refractivity contribution >= 4 is 34.1 Å². The number of carbonyl (C=O) groups is 1. The van der Waals surface area contributed by atoms with E-state index in [2.05, 4.69) is 10.3 Å². The van der Waals surface area contributed by atoms with Crippen molar-refractivity contribution in [2.75, 3.05) is 11.1 Å². The average Bonchev–Trinajstić information content (AvgIpc) is 3.03. The number of phenolic OH excluding ortho intramolecular Hbond substituents is 1. The van der Waals surface area contributed by atoms with Crippen LogP contribution in [0.15, 0.2) is 58.8 Å². The number of thiazole rings is 1. The van der Waals surface area contributed by atoms with Crippen molar-refractivity contribution in [3.05, 3.63) is 59.7 Å². The molecule has 122 valence electrons. The summed E-state index contributed by atoms with van der Waals surface area (Å²) in [5.74, 6) is -0.182. The van der Waals surface area contributed by atoms with Crippen LogP contribution >= 0.6 is 23.1 Å². The lowest BCUT2D eigenvalue weighted by molar-refractivity contribution is -0.113. The normalized spacial score (nSPS) is 10.5. The molecule has 7 heteroatoms. The summed E-state index contributed by atoms with van der Waals surface area (Å²) in [4.78, 5) is 17.0. The standard InChI is InChI=1S/C17H13FN2O2S2/c18-12-7-5-11(6-8-12)13-9-24-17(19-13)20-16(22)10-23-15-4-2-1-3-14(15)21/h1-9,21H,10H2,(H,19,20,22). The number of aromatic nitrogens is 1. The van der Waals surface area contributed by atoms with Crippen molar-refractivity contribution in [1.29, 1.82) is 0 Å². The van der Waals surface area contributed by atoms with Crippen molar-refractivity contribution in [1.82, 2.24) is 4.98 Å². The summed E-state index contributed by atoms with van der Waals surface area (Å²) in [6.07, 6.45) is 0. The molecule has 0 saturated carbocycles. The van der Waals surface area contributed by atoms with E-state index in [9.17, 15) is 14.3 Å². The van der Waals surface area contributed by atoms with Crippen LogP contribution in [0.2, 0.25) is 0 Å². The van der Waals surface area contributed by atoms with Gasteiger partial charge in [0.1, 0.15) is 11.6 Å². The van der Waals surface area contributed by atoms with Gasteiger partial charge in [-0.25, -0.2) is 9.37 Å². The molecule has 0 aliphatic carbocycles. The van der Waals surface area contributed by atoms with Gasteiger partial charge in [-0.05, 0) is 36.4 Å². The number of para-hydroxylation sites is 1. The van der Waals surface area contributed by atoms with Crippen LogP contribution < -0.4 is 5.32 Å². The molecule has 0 atom stereocenters. The Morgan fingerprint density at radius 1 is 1.21 bits per heavy atom. The largest absolute Gasteiger partial charge is 0.507 e. The Morgan fingerprint density at radius 3 is 2.71 bits per heavy atom. The number of aromatic hydroxyl groups is 1. The molecule has 1 amide bonds. The first kappa shape index (κ1) is 16.5. The second-order valence-electron chi connectivity index (χ2n) is 4.85. The second-order valence-corrected chi connectivity index (χ2v) is 6.72. The Kier molecular flexibility index (Phi) is 5.12. The zero-order chi connectivity index (χ0) is 16.9. The number of hydrogen-bond donors (Lipinski definition) is 2. The molecular formula is C17H13FN2O2S2. The number of nitrogens with one attached hydrogen (secondary N) is 1. The van der Waals surface area contributed by atoms with Gasteiger partial charge in [-0.3, -0.25) is 4.79 Å². The van der Waals surface area contributed by atoms with E-state index >= 15 is 0 Å². The van der Waals surface area contributed by atoms with Crippen LogP contribution in [0.1, 0.15) is 0 Å². The smallest absolute Gasteiger partial charge is 0.236 e. The molecule has 0 aliphatic heterocycles. The van der Waals surface area contributed by atoms with Gasteiger partial charge in [0.2, 0.25) is 5.91 Å². The molecule has 0 fully saturated rings. The van der Waals surface area contributed by atoms with E-state index < -0.39 is 0 Å². The summed E-state index contributed by atoms with van der Waals surface area (Å²) >= 11 is 2.56. The molecule has 0 spiro atoms. The maximum absolute atomic E-state index is 12.9. The predicted octanol–water partition coefficient (Wildman–Crippen LogP) is 4.39. The van der Waals surface area contributed by atoms with Gasteiger partial charge in [-0.2, -0.15) is 0 Å². The van der Waals surface area contributed by atoms with Crippen LogP contribution in [0.3, 0.4) is 0 Å². The molecule has 1 heterocycles. The molecule has 0 aliphatic rings. The first-order valence-corrected chi connectivity index (χ1v) is 8.90. The highest BCUT2D eigenvalue weighted by atomic mass is 32.2. The van der Waals surface area contributed by atoms with Crippen LogP contribution in [0.4, 0.5) is 9.52 Å². The van der Waals surface area contributed by atoms with E-state index in [1.54, 1.807) is 41.8 Å². The SMILES string of the molecule is O=C(CSc1ccccc1O)Nc1nc(-c2ccc(F)cc2)cs1. The minimum Gasteiger partial charge on any atom is -0.507 e. The lowest BCUT2D eigenvalue weighted by Crippen LogP contribution is -2.13. The maximum Gasteiger partial charge on any atom is 0.236 e. The summed E-state index contributed by atoms with van der Waals surface area (Å²) in [5.41, 5.74) is 1.47. The molecule has 0 unspecified atom stereocenters. The van der Waals surface area contributed by atoms with Gasteiger partial charge >= 0.3 is 0 Å². The molecule has 0 bridgehead atoms. The van der Waals surface area contributed by atoms with Gasteiger partial charge in [0.25, 0.3) is 0 Å². The van der Waals surface area contributed by atoms with Crippen LogP contribution in [-0.4, -0.2) is 21.8 Å². The van der Waals surface area contributed by atoms with E-state index in [0.717, 1.165) is 5.56 Å². The van der Waals surface area contributed by atoms with E-state index in [1.165, 1.54) is 35.2 Å². The van der Waals surface area contributed by atoms with Gasteiger partial charge < -0.3 is 10.4 Å². The van der Waals surface area contributed by atoms with Gasteiger partial charge in [-0.15, -0.1) is 23.1 Å². The Labute approximate surface area is 146 Å². The molecule has 2 aromatic carbocycles. The fourth-order valence-corrected chi connectivity index (χ4v) is 3.45. The first-order chi connectivity index (χ1) is 11.6. The summed E-state index contributed by atoms with van der Waals surface area (Å²) in [7, 11) is 0. The fourth-order valence-electron chi connectivity index (χ4n) is 1.96. The first-order valence-electron chi connectivity index (χ1n) is 7.04. The molecule has 2 N–H and O–H groups in total. The van der Waals surface area contributed by atoms with Crippen molar-refractivity contribution in [3.63, 3.8) is 0 Å². The zero-order valence-corrected chi connectivity index (χ0v) is 14.0. The Morgan fingerprint density at radius 2 is 1.96 bits per heavy atom. The lowest BCUT2D eigenvalue weighted by Gasteiger charge is -2.04. The summed E-state index contributed by atoms with van der Waals surface area (Å²) < 4.78 is 12.9. The third-order valence-electron chi connectivity index (χ3n) is 3.11. The summed E-state index contributed by atoms with van der Waals surface area (Å²) in [5, 5.41) is 14.7. The number of hydrogen-bond acceptors (Lipinski definition) is 5. The van der Waals surface area contributed by atoms with E-state index in [4.69, 9.17) is 0 Å². The predicted molar refractivity (Wildman–Crippen MR) is 95.0 cm³/mol. The van der Waals surface area contributed by atoms with Crippen LogP contribution in [-0.2, 0) is 4.79 Å². The van der Waals surface area contributed by atoms with Crippen LogP contribution in [0, 0.1) is 5.82 Å². The van der Waals surface area contributed by atoms with Gasteiger partial charge in [0.05, 0.1) is 11.4 Å².